The standard InChI is InChI=1S/C44H68O13.Na.H/c1-25-21-34(55-44(23-25)35(46)12-11-31(54-44)24-41(6,50)40(48)49)26(2)9-10-30-14-18-43(53-30)19-15-33-39(57-43)36(47)29(5)38(52-33)32(45)22-28(4)37-27(3)13-17-42(56-37)16-7-8-20-51-42;;/h9-10,23,26-28,30-39,45-47,50H,5,7-8,11-22,24H2,1-4,6H3,(H,48,49);;/b10-9+;;/t26-,27-,28+,30+,31+,32+,33-,34+,35-,36-,37+,38+,39-,41-,42+,43-,44-;;/m1../s1. The Morgan fingerprint density at radius 2 is 1.74 bits per heavy atom. The van der Waals surface area contributed by atoms with E-state index < -0.39 is 71.7 Å². The van der Waals surface area contributed by atoms with Crippen molar-refractivity contribution in [1.29, 1.82) is 0 Å². The quantitative estimate of drug-likeness (QED) is 0.153. The van der Waals surface area contributed by atoms with Crippen molar-refractivity contribution in [2.24, 2.45) is 17.8 Å². The number of aliphatic carboxylic acids is 1. The first-order valence-electron chi connectivity index (χ1n) is 21.7. The van der Waals surface area contributed by atoms with E-state index in [2.05, 4.69) is 26.5 Å². The molecule has 0 saturated carbocycles. The van der Waals surface area contributed by atoms with Crippen molar-refractivity contribution < 1.29 is 63.5 Å². The maximum atomic E-state index is 11.6. The van der Waals surface area contributed by atoms with Gasteiger partial charge in [-0.15, -0.1) is 0 Å². The van der Waals surface area contributed by atoms with Crippen LogP contribution < -0.4 is 0 Å². The van der Waals surface area contributed by atoms with Gasteiger partial charge in [0, 0.05) is 38.0 Å². The number of ether oxygens (including phenoxy) is 7. The monoisotopic (exact) mass is 828 g/mol. The van der Waals surface area contributed by atoms with Crippen molar-refractivity contribution >= 4 is 35.5 Å². The summed E-state index contributed by atoms with van der Waals surface area (Å²) in [6.45, 7) is 14.5. The van der Waals surface area contributed by atoms with Gasteiger partial charge in [0.1, 0.15) is 24.4 Å². The van der Waals surface area contributed by atoms with Gasteiger partial charge in [-0.2, -0.15) is 0 Å². The molecule has 58 heavy (non-hydrogen) atoms. The molecule has 7 rings (SSSR count). The van der Waals surface area contributed by atoms with E-state index in [1.54, 1.807) is 6.08 Å². The molecule has 0 aliphatic carbocycles. The zero-order valence-electron chi connectivity index (χ0n) is 34.6. The summed E-state index contributed by atoms with van der Waals surface area (Å²) in [6.07, 6.45) is 9.37. The molecule has 7 heterocycles. The fourth-order valence-electron chi connectivity index (χ4n) is 10.5. The minimum atomic E-state index is -1.96. The third-order valence-corrected chi connectivity index (χ3v) is 14.0. The summed E-state index contributed by atoms with van der Waals surface area (Å²) in [4.78, 5) is 11.6. The van der Waals surface area contributed by atoms with Crippen LogP contribution in [0.1, 0.15) is 125 Å². The van der Waals surface area contributed by atoms with E-state index in [-0.39, 0.29) is 66.1 Å². The first-order chi connectivity index (χ1) is 26.9. The Bertz CT molecular complexity index is 1510. The van der Waals surface area contributed by atoms with E-state index in [0.29, 0.717) is 56.4 Å². The normalized spacial score (nSPS) is 44.6. The molecule has 0 aromatic carbocycles. The molecule has 0 radical (unpaired) electrons. The van der Waals surface area contributed by atoms with E-state index >= 15 is 0 Å². The predicted molar refractivity (Wildman–Crippen MR) is 215 cm³/mol. The molecule has 6 fully saturated rings. The number of carboxylic acids is 1. The number of fused-ring (bicyclic) bond motifs is 1. The van der Waals surface area contributed by atoms with Crippen molar-refractivity contribution in [1.82, 2.24) is 0 Å². The molecule has 14 heteroatoms. The van der Waals surface area contributed by atoms with Gasteiger partial charge in [0.05, 0.1) is 43.2 Å². The molecule has 7 aliphatic rings. The van der Waals surface area contributed by atoms with E-state index in [1.165, 1.54) is 6.92 Å². The van der Waals surface area contributed by atoms with Crippen LogP contribution in [0.25, 0.3) is 0 Å². The molecular weight excluding hydrogens is 759 g/mol. The topological polar surface area (TPSA) is 183 Å². The van der Waals surface area contributed by atoms with Crippen LogP contribution in [0.15, 0.2) is 36.0 Å². The van der Waals surface area contributed by atoms with Crippen LogP contribution in [0, 0.1) is 17.8 Å². The second kappa shape index (κ2) is 18.5. The average Bonchev–Trinajstić information content (AvgIpc) is 3.56. The number of aliphatic hydroxyl groups is 4. The maximum absolute atomic E-state index is 11.6. The first-order valence-corrected chi connectivity index (χ1v) is 21.7. The molecule has 0 unspecified atom stereocenters. The molecule has 0 aromatic heterocycles. The van der Waals surface area contributed by atoms with Gasteiger partial charge in [-0.1, -0.05) is 45.1 Å². The molecule has 6 saturated heterocycles. The molecule has 7 aliphatic heterocycles. The Hall–Kier alpha value is -0.750. The van der Waals surface area contributed by atoms with Crippen LogP contribution in [-0.2, 0) is 38.0 Å². The second-order valence-corrected chi connectivity index (χ2v) is 18.9. The van der Waals surface area contributed by atoms with E-state index in [0.717, 1.165) is 50.7 Å². The Morgan fingerprint density at radius 3 is 2.47 bits per heavy atom. The van der Waals surface area contributed by atoms with Crippen molar-refractivity contribution in [3.8, 4) is 0 Å². The first kappa shape index (κ1) is 46.7. The summed E-state index contributed by atoms with van der Waals surface area (Å²) >= 11 is 0. The second-order valence-electron chi connectivity index (χ2n) is 18.9. The number of aliphatic hydroxyl groups excluding tert-OH is 3. The number of hydrogen-bond acceptors (Lipinski definition) is 12. The molecule has 3 spiro atoms. The van der Waals surface area contributed by atoms with Gasteiger partial charge < -0.3 is 58.7 Å². The Kier molecular flexibility index (Phi) is 14.9. The van der Waals surface area contributed by atoms with Gasteiger partial charge in [0.2, 0.25) is 5.79 Å². The third-order valence-electron chi connectivity index (χ3n) is 14.0. The van der Waals surface area contributed by atoms with E-state index in [9.17, 15) is 30.3 Å². The molecule has 0 amide bonds. The number of carboxylic acid groups (broad SMARTS) is 1. The van der Waals surface area contributed by atoms with Gasteiger partial charge in [-0.3, -0.25) is 0 Å². The van der Waals surface area contributed by atoms with Crippen LogP contribution in [-0.4, -0.2) is 152 Å². The van der Waals surface area contributed by atoms with Crippen molar-refractivity contribution in [2.45, 2.75) is 209 Å². The third kappa shape index (κ3) is 9.89. The Balaban J connectivity index is 0.00000567. The number of hydrogen-bond donors (Lipinski definition) is 5. The molecule has 13 nitrogen and oxygen atoms in total. The molecule has 17 atom stereocenters. The van der Waals surface area contributed by atoms with E-state index in [1.807, 2.05) is 19.9 Å². The van der Waals surface area contributed by atoms with Crippen LogP contribution in [0.4, 0.5) is 0 Å². The number of carbonyl (C=O) groups is 1. The summed E-state index contributed by atoms with van der Waals surface area (Å²) in [5, 5.41) is 54.0. The minimum absolute atomic E-state index is 0. The molecular formula is C44H69NaO13. The predicted octanol–water partition coefficient (Wildman–Crippen LogP) is 4.57. The van der Waals surface area contributed by atoms with Gasteiger partial charge in [0.15, 0.2) is 17.2 Å². The SMILES string of the molecule is C=C1[C@@H](O)[C@@H]2O[C@]3(CC[C@H](/C=C/[C@@H](C)[C@@H]4CC(C)=C[C@@]5(O[C@H](C[C@@](C)(O)C(=O)O)CC[C@H]5O)O4)O3)CC[C@H]2O[C@@H]1[C@@H](O)C[C@H](C)[C@H]1O[C@@]2(CCCCO2)CC[C@H]1C.[NaH]. The molecule has 5 N–H and O–H groups in total. The van der Waals surface area contributed by atoms with Crippen LogP contribution in [0.2, 0.25) is 0 Å². The molecule has 0 aromatic rings. The van der Waals surface area contributed by atoms with Gasteiger partial charge in [0.25, 0.3) is 0 Å². The summed E-state index contributed by atoms with van der Waals surface area (Å²) in [6, 6.07) is 0. The average molecular weight is 829 g/mol. The van der Waals surface area contributed by atoms with Crippen molar-refractivity contribution in [3.63, 3.8) is 0 Å². The van der Waals surface area contributed by atoms with E-state index in [4.69, 9.17) is 33.2 Å². The van der Waals surface area contributed by atoms with Crippen LogP contribution >= 0.6 is 0 Å². The van der Waals surface area contributed by atoms with Crippen LogP contribution in [0.5, 0.6) is 0 Å². The van der Waals surface area contributed by atoms with Gasteiger partial charge >= 0.3 is 35.5 Å². The summed E-state index contributed by atoms with van der Waals surface area (Å²) in [5.41, 5.74) is -0.551. The fraction of sp³-hybridized carbons (Fsp3) is 0.841. The number of rotatable bonds is 10. The fourth-order valence-corrected chi connectivity index (χ4v) is 10.5. The van der Waals surface area contributed by atoms with Gasteiger partial charge in [-0.25, -0.2) is 4.79 Å². The Morgan fingerprint density at radius 1 is 1.00 bits per heavy atom. The Labute approximate surface area is 366 Å². The summed E-state index contributed by atoms with van der Waals surface area (Å²) in [5.74, 6) is -3.82. The zero-order chi connectivity index (χ0) is 40.9. The molecule has 324 valence electrons. The van der Waals surface area contributed by atoms with Crippen molar-refractivity contribution in [2.75, 3.05) is 6.61 Å². The van der Waals surface area contributed by atoms with Gasteiger partial charge in [-0.05, 0) is 95.1 Å². The summed E-state index contributed by atoms with van der Waals surface area (Å²) in [7, 11) is 0. The van der Waals surface area contributed by atoms with Crippen molar-refractivity contribution in [3.05, 3.63) is 36.0 Å². The zero-order valence-corrected chi connectivity index (χ0v) is 34.6. The molecule has 0 bridgehead atoms. The summed E-state index contributed by atoms with van der Waals surface area (Å²) < 4.78 is 45.2. The van der Waals surface area contributed by atoms with Crippen LogP contribution in [0.3, 0.4) is 0 Å².